The Morgan fingerprint density at radius 2 is 2.05 bits per heavy atom. The van der Waals surface area contributed by atoms with Crippen LogP contribution in [0.1, 0.15) is 22.7 Å². The van der Waals surface area contributed by atoms with Crippen LogP contribution in [0.5, 0.6) is 0 Å². The maximum Gasteiger partial charge on any atom is 0.244 e. The fourth-order valence-electron chi connectivity index (χ4n) is 1.79. The average molecular weight is 393 g/mol. The van der Waals surface area contributed by atoms with Crippen LogP contribution >= 0.6 is 27.3 Å². The zero-order valence-electron chi connectivity index (χ0n) is 11.4. The average Bonchev–Trinajstić information content (AvgIpc) is 2.80. The molecule has 0 amide bonds. The highest BCUT2D eigenvalue weighted by Crippen LogP contribution is 2.28. The summed E-state index contributed by atoms with van der Waals surface area (Å²) in [5, 5.41) is 0. The predicted octanol–water partition coefficient (Wildman–Crippen LogP) is 3.58. The standard InChI is InChI=1S/C13H14BrFN2O2S2/c1-7-3-4-12(20-7)8(2)17-21(18,19)13-6-11(16)9(14)5-10(13)15/h3-6,8,17H,16H2,1-2H3. The minimum Gasteiger partial charge on any atom is -0.398 e. The van der Waals surface area contributed by atoms with E-state index in [-0.39, 0.29) is 5.69 Å². The third-order valence-electron chi connectivity index (χ3n) is 2.86. The molecule has 1 aromatic carbocycles. The Balaban J connectivity index is 2.32. The number of rotatable bonds is 4. The molecule has 0 fully saturated rings. The van der Waals surface area contributed by atoms with Gasteiger partial charge in [-0.15, -0.1) is 11.3 Å². The van der Waals surface area contributed by atoms with Crippen molar-refractivity contribution in [2.24, 2.45) is 0 Å². The maximum atomic E-state index is 13.9. The van der Waals surface area contributed by atoms with Gasteiger partial charge in [-0.1, -0.05) is 0 Å². The number of nitrogens with two attached hydrogens (primary N) is 1. The lowest BCUT2D eigenvalue weighted by Gasteiger charge is -2.14. The quantitative estimate of drug-likeness (QED) is 0.780. The molecule has 21 heavy (non-hydrogen) atoms. The molecule has 1 aromatic heterocycles. The van der Waals surface area contributed by atoms with Gasteiger partial charge in [0.2, 0.25) is 10.0 Å². The molecule has 0 aliphatic carbocycles. The Hall–Kier alpha value is -0.960. The van der Waals surface area contributed by atoms with Gasteiger partial charge in [0.05, 0.1) is 6.04 Å². The molecule has 0 aliphatic rings. The summed E-state index contributed by atoms with van der Waals surface area (Å²) in [5.41, 5.74) is 5.79. The van der Waals surface area contributed by atoms with Crippen LogP contribution in [0.3, 0.4) is 0 Å². The van der Waals surface area contributed by atoms with Crippen molar-refractivity contribution in [2.45, 2.75) is 24.8 Å². The number of thiophene rings is 1. The van der Waals surface area contributed by atoms with Crippen molar-refractivity contribution in [3.05, 3.63) is 44.3 Å². The van der Waals surface area contributed by atoms with E-state index in [4.69, 9.17) is 5.73 Å². The second-order valence-corrected chi connectivity index (χ2v) is 8.45. The molecular formula is C13H14BrFN2O2S2. The van der Waals surface area contributed by atoms with E-state index in [2.05, 4.69) is 20.7 Å². The first-order valence-corrected chi connectivity index (χ1v) is 9.13. The molecule has 2 rings (SSSR count). The van der Waals surface area contributed by atoms with Crippen LogP contribution in [-0.4, -0.2) is 8.42 Å². The van der Waals surface area contributed by atoms with Crippen LogP contribution in [0.15, 0.2) is 33.6 Å². The van der Waals surface area contributed by atoms with E-state index in [1.165, 1.54) is 11.3 Å². The van der Waals surface area contributed by atoms with Crippen LogP contribution in [0.4, 0.5) is 10.1 Å². The Bertz CT molecular complexity index is 774. The molecule has 1 unspecified atom stereocenters. The monoisotopic (exact) mass is 392 g/mol. The van der Waals surface area contributed by atoms with Gasteiger partial charge < -0.3 is 5.73 Å². The van der Waals surface area contributed by atoms with Crippen LogP contribution in [0, 0.1) is 12.7 Å². The zero-order valence-corrected chi connectivity index (χ0v) is 14.6. The Kier molecular flexibility index (Phi) is 4.72. The summed E-state index contributed by atoms with van der Waals surface area (Å²) < 4.78 is 41.2. The minimum absolute atomic E-state index is 0.163. The molecule has 4 nitrogen and oxygen atoms in total. The van der Waals surface area contributed by atoms with E-state index in [0.717, 1.165) is 21.9 Å². The number of aryl methyl sites for hydroxylation is 1. The molecule has 0 saturated heterocycles. The van der Waals surface area contributed by atoms with Crippen molar-refractivity contribution in [3.8, 4) is 0 Å². The third-order valence-corrected chi connectivity index (χ3v) is 6.29. The van der Waals surface area contributed by atoms with Crippen LogP contribution in [0.25, 0.3) is 0 Å². The fraction of sp³-hybridized carbons (Fsp3) is 0.231. The summed E-state index contributed by atoms with van der Waals surface area (Å²) >= 11 is 4.55. The molecule has 0 spiro atoms. The largest absolute Gasteiger partial charge is 0.398 e. The van der Waals surface area contributed by atoms with Crippen molar-refractivity contribution >= 4 is 43.0 Å². The first kappa shape index (κ1) is 16.4. The van der Waals surface area contributed by atoms with Crippen molar-refractivity contribution in [1.82, 2.24) is 4.72 Å². The van der Waals surface area contributed by atoms with E-state index in [0.29, 0.717) is 4.47 Å². The number of hydrogen-bond donors (Lipinski definition) is 2. The molecule has 2 aromatic rings. The van der Waals surface area contributed by atoms with Gasteiger partial charge in [-0.2, -0.15) is 0 Å². The van der Waals surface area contributed by atoms with Crippen LogP contribution < -0.4 is 10.5 Å². The number of nitrogen functional groups attached to an aromatic ring is 1. The first-order chi connectivity index (χ1) is 9.70. The highest BCUT2D eigenvalue weighted by molar-refractivity contribution is 9.10. The van der Waals surface area contributed by atoms with Crippen molar-refractivity contribution in [3.63, 3.8) is 0 Å². The molecule has 0 aliphatic heterocycles. The molecule has 0 saturated carbocycles. The normalized spacial score (nSPS) is 13.3. The SMILES string of the molecule is Cc1ccc(C(C)NS(=O)(=O)c2cc(N)c(Br)cc2F)s1. The van der Waals surface area contributed by atoms with E-state index < -0.39 is 26.8 Å². The van der Waals surface area contributed by atoms with E-state index >= 15 is 0 Å². The highest BCUT2D eigenvalue weighted by Gasteiger charge is 2.23. The number of hydrogen-bond acceptors (Lipinski definition) is 4. The lowest BCUT2D eigenvalue weighted by molar-refractivity contribution is 0.548. The van der Waals surface area contributed by atoms with Crippen molar-refractivity contribution in [2.75, 3.05) is 5.73 Å². The summed E-state index contributed by atoms with van der Waals surface area (Å²) in [6.07, 6.45) is 0. The molecule has 1 heterocycles. The number of benzene rings is 1. The fourth-order valence-corrected chi connectivity index (χ4v) is 4.38. The smallest absolute Gasteiger partial charge is 0.244 e. The molecule has 3 N–H and O–H groups in total. The summed E-state index contributed by atoms with van der Waals surface area (Å²) in [4.78, 5) is 1.49. The zero-order chi connectivity index (χ0) is 15.8. The predicted molar refractivity (Wildman–Crippen MR) is 86.3 cm³/mol. The van der Waals surface area contributed by atoms with E-state index in [9.17, 15) is 12.8 Å². The summed E-state index contributed by atoms with van der Waals surface area (Å²) in [5.74, 6) is -0.849. The van der Waals surface area contributed by atoms with Gasteiger partial charge >= 0.3 is 0 Å². The topological polar surface area (TPSA) is 72.2 Å². The Labute approximate surface area is 135 Å². The summed E-state index contributed by atoms with van der Waals surface area (Å²) in [6, 6.07) is 5.46. The van der Waals surface area contributed by atoms with Gasteiger partial charge in [0, 0.05) is 19.9 Å². The molecule has 0 bridgehead atoms. The highest BCUT2D eigenvalue weighted by atomic mass is 79.9. The van der Waals surface area contributed by atoms with Gasteiger partial charge in [0.15, 0.2) is 0 Å². The van der Waals surface area contributed by atoms with Crippen LogP contribution in [-0.2, 0) is 10.0 Å². The minimum atomic E-state index is -3.99. The molecular weight excluding hydrogens is 379 g/mol. The Morgan fingerprint density at radius 3 is 2.62 bits per heavy atom. The third kappa shape index (κ3) is 3.63. The molecule has 114 valence electrons. The van der Waals surface area contributed by atoms with Gasteiger partial charge in [-0.25, -0.2) is 17.5 Å². The molecule has 1 atom stereocenters. The maximum absolute atomic E-state index is 13.9. The number of anilines is 1. The molecule has 8 heteroatoms. The lowest BCUT2D eigenvalue weighted by atomic mass is 10.3. The van der Waals surface area contributed by atoms with Gasteiger partial charge in [-0.3, -0.25) is 0 Å². The lowest BCUT2D eigenvalue weighted by Crippen LogP contribution is -2.27. The van der Waals surface area contributed by atoms with Gasteiger partial charge in [0.1, 0.15) is 10.7 Å². The number of halogens is 2. The van der Waals surface area contributed by atoms with E-state index in [1.807, 2.05) is 19.1 Å². The Morgan fingerprint density at radius 1 is 1.38 bits per heavy atom. The second-order valence-electron chi connectivity index (χ2n) is 4.60. The number of sulfonamides is 1. The first-order valence-electron chi connectivity index (χ1n) is 6.04. The second kappa shape index (κ2) is 6.04. The van der Waals surface area contributed by atoms with Crippen LogP contribution in [0.2, 0.25) is 0 Å². The van der Waals surface area contributed by atoms with Gasteiger partial charge in [-0.05, 0) is 54.0 Å². The summed E-state index contributed by atoms with van der Waals surface area (Å²) in [6.45, 7) is 3.65. The van der Waals surface area contributed by atoms with Crippen molar-refractivity contribution in [1.29, 1.82) is 0 Å². The summed E-state index contributed by atoms with van der Waals surface area (Å²) in [7, 11) is -3.99. The van der Waals surface area contributed by atoms with Gasteiger partial charge in [0.25, 0.3) is 0 Å². The van der Waals surface area contributed by atoms with Crippen molar-refractivity contribution < 1.29 is 12.8 Å². The van der Waals surface area contributed by atoms with E-state index in [1.54, 1.807) is 6.92 Å². The number of nitrogens with one attached hydrogen (secondary N) is 1. The molecule has 0 radical (unpaired) electrons.